The Morgan fingerprint density at radius 3 is 2.43 bits per heavy atom. The Hall–Kier alpha value is -1.06. The summed E-state index contributed by atoms with van der Waals surface area (Å²) in [4.78, 5) is 24.6. The highest BCUT2D eigenvalue weighted by molar-refractivity contribution is 5.78. The summed E-state index contributed by atoms with van der Waals surface area (Å²) < 4.78 is 0. The summed E-state index contributed by atoms with van der Waals surface area (Å²) >= 11 is 0. The van der Waals surface area contributed by atoms with Crippen molar-refractivity contribution in [1.82, 2.24) is 4.90 Å². The number of rotatable bonds is 14. The molecule has 1 N–H and O–H groups in total. The van der Waals surface area contributed by atoms with E-state index in [0.717, 1.165) is 51.5 Å². The van der Waals surface area contributed by atoms with E-state index in [9.17, 15) is 9.59 Å². The maximum absolute atomic E-state index is 12.0. The minimum Gasteiger partial charge on any atom is -0.481 e. The van der Waals surface area contributed by atoms with E-state index >= 15 is 0 Å². The molecule has 1 saturated heterocycles. The van der Waals surface area contributed by atoms with E-state index < -0.39 is 5.97 Å². The number of unbranched alkanes of at least 4 members (excludes halogenated alkanes) is 8. The van der Waals surface area contributed by atoms with Crippen LogP contribution in [-0.4, -0.2) is 34.5 Å². The molecule has 0 aromatic heterocycles. The van der Waals surface area contributed by atoms with Crippen LogP contribution in [0.4, 0.5) is 0 Å². The van der Waals surface area contributed by atoms with Gasteiger partial charge in [0, 0.05) is 25.4 Å². The van der Waals surface area contributed by atoms with Gasteiger partial charge in [0.05, 0.1) is 0 Å². The monoisotopic (exact) mass is 325 g/mol. The Morgan fingerprint density at radius 1 is 1.04 bits per heavy atom. The molecule has 1 rings (SSSR count). The zero-order chi connectivity index (χ0) is 16.9. The molecule has 134 valence electrons. The number of aliphatic carboxylic acids is 1. The molecule has 1 unspecified atom stereocenters. The van der Waals surface area contributed by atoms with Crippen molar-refractivity contribution >= 4 is 11.9 Å². The van der Waals surface area contributed by atoms with Crippen molar-refractivity contribution in [3.63, 3.8) is 0 Å². The molecule has 1 fully saturated rings. The first kappa shape index (κ1) is 20.0. The van der Waals surface area contributed by atoms with Crippen LogP contribution in [0.5, 0.6) is 0 Å². The standard InChI is InChI=1S/C19H35NO3/c1-2-3-4-5-6-9-12-17-14-15-18(21)20(17)16-11-8-7-10-13-19(22)23/h17H,2-16H2,1H3,(H,22,23). The van der Waals surface area contributed by atoms with Crippen LogP contribution < -0.4 is 0 Å². The van der Waals surface area contributed by atoms with Crippen molar-refractivity contribution < 1.29 is 14.7 Å². The Balaban J connectivity index is 2.11. The maximum Gasteiger partial charge on any atom is 0.303 e. The molecule has 23 heavy (non-hydrogen) atoms. The van der Waals surface area contributed by atoms with Crippen LogP contribution >= 0.6 is 0 Å². The summed E-state index contributed by atoms with van der Waals surface area (Å²) in [6.45, 7) is 3.11. The van der Waals surface area contributed by atoms with E-state index in [1.54, 1.807) is 0 Å². The van der Waals surface area contributed by atoms with Gasteiger partial charge in [-0.3, -0.25) is 9.59 Å². The summed E-state index contributed by atoms with van der Waals surface area (Å²) in [5, 5.41) is 8.61. The van der Waals surface area contributed by atoms with Gasteiger partial charge in [0.15, 0.2) is 0 Å². The molecule has 0 aromatic carbocycles. The average Bonchev–Trinajstić information content (AvgIpc) is 2.86. The molecule has 4 nitrogen and oxygen atoms in total. The fourth-order valence-electron chi connectivity index (χ4n) is 3.47. The fourth-order valence-corrected chi connectivity index (χ4v) is 3.47. The van der Waals surface area contributed by atoms with Crippen LogP contribution in [0.25, 0.3) is 0 Å². The normalized spacial score (nSPS) is 17.9. The molecule has 1 amide bonds. The van der Waals surface area contributed by atoms with Gasteiger partial charge >= 0.3 is 5.97 Å². The second-order valence-corrected chi connectivity index (χ2v) is 6.89. The zero-order valence-corrected chi connectivity index (χ0v) is 14.9. The average molecular weight is 325 g/mol. The highest BCUT2D eigenvalue weighted by Gasteiger charge is 2.29. The number of carbonyl (C=O) groups is 2. The van der Waals surface area contributed by atoms with Crippen molar-refractivity contribution in [1.29, 1.82) is 0 Å². The van der Waals surface area contributed by atoms with Crippen molar-refractivity contribution in [2.24, 2.45) is 0 Å². The minimum absolute atomic E-state index is 0.267. The van der Waals surface area contributed by atoms with Crippen molar-refractivity contribution in [2.75, 3.05) is 6.54 Å². The lowest BCUT2D eigenvalue weighted by atomic mass is 10.0. The largest absolute Gasteiger partial charge is 0.481 e. The van der Waals surface area contributed by atoms with Crippen molar-refractivity contribution in [3.8, 4) is 0 Å². The Morgan fingerprint density at radius 2 is 1.70 bits per heavy atom. The highest BCUT2D eigenvalue weighted by Crippen LogP contribution is 2.24. The van der Waals surface area contributed by atoms with Crippen molar-refractivity contribution in [3.05, 3.63) is 0 Å². The van der Waals surface area contributed by atoms with Gasteiger partial charge in [-0.15, -0.1) is 0 Å². The molecule has 0 radical (unpaired) electrons. The quantitative estimate of drug-likeness (QED) is 0.468. The molecule has 4 heteroatoms. The lowest BCUT2D eigenvalue weighted by Crippen LogP contribution is -2.33. The number of hydrogen-bond donors (Lipinski definition) is 1. The summed E-state index contributed by atoms with van der Waals surface area (Å²) in [5.41, 5.74) is 0. The predicted octanol–water partition coefficient (Wildman–Crippen LogP) is 4.76. The SMILES string of the molecule is CCCCCCCCC1CCC(=O)N1CCCCCCC(=O)O. The molecular weight excluding hydrogens is 290 g/mol. The summed E-state index contributed by atoms with van der Waals surface area (Å²) in [7, 11) is 0. The van der Waals surface area contributed by atoms with Crippen LogP contribution in [0.15, 0.2) is 0 Å². The number of carbonyl (C=O) groups excluding carboxylic acids is 1. The van der Waals surface area contributed by atoms with Gasteiger partial charge < -0.3 is 10.0 Å². The van der Waals surface area contributed by atoms with Gasteiger partial charge in [0.2, 0.25) is 5.91 Å². The Bertz CT molecular complexity index is 344. The lowest BCUT2D eigenvalue weighted by molar-refractivity contribution is -0.137. The first-order valence-electron chi connectivity index (χ1n) is 9.66. The molecule has 0 aliphatic carbocycles. The first-order valence-corrected chi connectivity index (χ1v) is 9.66. The van der Waals surface area contributed by atoms with E-state index in [-0.39, 0.29) is 6.42 Å². The lowest BCUT2D eigenvalue weighted by Gasteiger charge is -2.25. The number of hydrogen-bond acceptors (Lipinski definition) is 2. The fraction of sp³-hybridized carbons (Fsp3) is 0.895. The van der Waals surface area contributed by atoms with Crippen LogP contribution in [0, 0.1) is 0 Å². The van der Waals surface area contributed by atoms with E-state index in [1.165, 1.54) is 38.5 Å². The van der Waals surface area contributed by atoms with E-state index in [4.69, 9.17) is 5.11 Å². The van der Waals surface area contributed by atoms with E-state index in [1.807, 2.05) is 0 Å². The molecule has 1 aliphatic heterocycles. The smallest absolute Gasteiger partial charge is 0.303 e. The zero-order valence-electron chi connectivity index (χ0n) is 14.9. The molecule has 0 bridgehead atoms. The molecular formula is C19H35NO3. The van der Waals surface area contributed by atoms with Crippen LogP contribution in [0.3, 0.4) is 0 Å². The summed E-state index contributed by atoms with van der Waals surface area (Å²) in [5.74, 6) is -0.384. The van der Waals surface area contributed by atoms with Gasteiger partial charge in [-0.2, -0.15) is 0 Å². The molecule has 1 aliphatic rings. The van der Waals surface area contributed by atoms with Gasteiger partial charge in [0.1, 0.15) is 0 Å². The Labute approximate surface area is 141 Å². The van der Waals surface area contributed by atoms with Gasteiger partial charge in [-0.05, 0) is 25.7 Å². The van der Waals surface area contributed by atoms with E-state index in [2.05, 4.69) is 11.8 Å². The van der Waals surface area contributed by atoms with Crippen LogP contribution in [0.2, 0.25) is 0 Å². The van der Waals surface area contributed by atoms with Crippen LogP contribution in [-0.2, 0) is 9.59 Å². The summed E-state index contributed by atoms with van der Waals surface area (Å²) in [6, 6.07) is 0.465. The van der Waals surface area contributed by atoms with Gasteiger partial charge in [-0.25, -0.2) is 0 Å². The second kappa shape index (κ2) is 12.4. The number of amides is 1. The number of carboxylic acids is 1. The molecule has 0 aromatic rings. The molecule has 1 heterocycles. The minimum atomic E-state index is -0.710. The maximum atomic E-state index is 12.0. The number of likely N-dealkylation sites (tertiary alicyclic amines) is 1. The number of nitrogens with zero attached hydrogens (tertiary/aromatic N) is 1. The summed E-state index contributed by atoms with van der Waals surface area (Å²) in [6.07, 6.45) is 14.8. The highest BCUT2D eigenvalue weighted by atomic mass is 16.4. The third kappa shape index (κ3) is 8.97. The Kier molecular flexibility index (Phi) is 10.8. The topological polar surface area (TPSA) is 57.6 Å². The second-order valence-electron chi connectivity index (χ2n) is 6.89. The molecule has 1 atom stereocenters. The third-order valence-corrected chi connectivity index (χ3v) is 4.88. The molecule has 0 spiro atoms. The molecule has 0 saturated carbocycles. The predicted molar refractivity (Wildman–Crippen MR) is 93.4 cm³/mol. The van der Waals surface area contributed by atoms with Crippen molar-refractivity contribution in [2.45, 2.75) is 103 Å². The number of carboxylic acid groups (broad SMARTS) is 1. The first-order chi connectivity index (χ1) is 11.1. The van der Waals surface area contributed by atoms with E-state index in [0.29, 0.717) is 11.9 Å². The third-order valence-electron chi connectivity index (χ3n) is 4.88. The van der Waals surface area contributed by atoms with Gasteiger partial charge in [-0.1, -0.05) is 58.3 Å². The van der Waals surface area contributed by atoms with Gasteiger partial charge in [0.25, 0.3) is 0 Å². The van der Waals surface area contributed by atoms with Crippen LogP contribution in [0.1, 0.15) is 96.8 Å².